The molecule has 124 valence electrons. The Morgan fingerprint density at radius 2 is 1.52 bits per heavy atom. The number of rotatable bonds is 8. The fourth-order valence-corrected chi connectivity index (χ4v) is 3.02. The van der Waals surface area contributed by atoms with Gasteiger partial charge in [-0.05, 0) is 49.3 Å². The lowest BCUT2D eigenvalue weighted by Crippen LogP contribution is -2.15. The van der Waals surface area contributed by atoms with Gasteiger partial charge in [0.1, 0.15) is 5.75 Å². The van der Waals surface area contributed by atoms with Gasteiger partial charge in [0.05, 0.1) is 6.61 Å². The number of halogens is 1. The molecule has 2 nitrogen and oxygen atoms in total. The Kier molecular flexibility index (Phi) is 7.37. The zero-order chi connectivity index (χ0) is 16.7. The Bertz CT molecular complexity index is 578. The van der Waals surface area contributed by atoms with Gasteiger partial charge >= 0.3 is 0 Å². The summed E-state index contributed by atoms with van der Waals surface area (Å²) in [6.07, 6.45) is 1.05. The van der Waals surface area contributed by atoms with Crippen molar-refractivity contribution < 1.29 is 4.74 Å². The molecule has 1 atom stereocenters. The normalized spacial score (nSPS) is 12.4. The van der Waals surface area contributed by atoms with Gasteiger partial charge in [0.15, 0.2) is 0 Å². The van der Waals surface area contributed by atoms with Gasteiger partial charge in [-0.25, -0.2) is 0 Å². The molecule has 0 saturated carbocycles. The highest BCUT2D eigenvalue weighted by Gasteiger charge is 2.08. The molecular formula is C20H26INO. The first-order valence-electron chi connectivity index (χ1n) is 8.12. The van der Waals surface area contributed by atoms with E-state index in [1.807, 2.05) is 0 Å². The molecule has 0 N–H and O–H groups in total. The van der Waals surface area contributed by atoms with Crippen LogP contribution in [0.15, 0.2) is 48.5 Å². The van der Waals surface area contributed by atoms with Crippen molar-refractivity contribution in [3.05, 3.63) is 65.2 Å². The van der Waals surface area contributed by atoms with Crippen LogP contribution in [0.25, 0.3) is 0 Å². The molecule has 0 radical (unpaired) electrons. The molecule has 0 saturated heterocycles. The molecule has 0 aliphatic carbocycles. The fraction of sp³-hybridized carbons (Fsp3) is 0.400. The highest BCUT2D eigenvalue weighted by Crippen LogP contribution is 2.26. The second kappa shape index (κ2) is 9.28. The standard InChI is InChI=1S/C20H26INO/c1-16(18-7-5-17(15-21)6-8-18)19-9-11-20(12-10-19)23-14-4-13-22(2)3/h5-12,16H,4,13-15H2,1-3H3. The van der Waals surface area contributed by atoms with E-state index >= 15 is 0 Å². The third kappa shape index (κ3) is 5.81. The van der Waals surface area contributed by atoms with Crippen LogP contribution >= 0.6 is 22.6 Å². The van der Waals surface area contributed by atoms with Crippen LogP contribution in [0.3, 0.4) is 0 Å². The van der Waals surface area contributed by atoms with Crippen molar-refractivity contribution in [2.75, 3.05) is 27.2 Å². The first-order chi connectivity index (χ1) is 11.1. The lowest BCUT2D eigenvalue weighted by Gasteiger charge is -2.14. The monoisotopic (exact) mass is 423 g/mol. The van der Waals surface area contributed by atoms with E-state index in [1.165, 1.54) is 16.7 Å². The SMILES string of the molecule is CC(c1ccc(CI)cc1)c1ccc(OCCCN(C)C)cc1. The minimum absolute atomic E-state index is 0.404. The van der Waals surface area contributed by atoms with Crippen LogP contribution in [-0.4, -0.2) is 32.1 Å². The van der Waals surface area contributed by atoms with Gasteiger partial charge in [-0.15, -0.1) is 0 Å². The van der Waals surface area contributed by atoms with Crippen LogP contribution in [0.4, 0.5) is 0 Å². The first kappa shape index (κ1) is 18.3. The van der Waals surface area contributed by atoms with Gasteiger partial charge in [0.2, 0.25) is 0 Å². The van der Waals surface area contributed by atoms with E-state index < -0.39 is 0 Å². The molecule has 0 heterocycles. The summed E-state index contributed by atoms with van der Waals surface area (Å²) in [5, 5.41) is 0. The lowest BCUT2D eigenvalue weighted by atomic mass is 9.93. The Morgan fingerprint density at radius 3 is 2.04 bits per heavy atom. The number of nitrogens with zero attached hydrogens (tertiary/aromatic N) is 1. The smallest absolute Gasteiger partial charge is 0.119 e. The van der Waals surface area contributed by atoms with Gasteiger partial charge in [-0.2, -0.15) is 0 Å². The third-order valence-electron chi connectivity index (χ3n) is 4.03. The largest absolute Gasteiger partial charge is 0.494 e. The summed E-state index contributed by atoms with van der Waals surface area (Å²) in [6, 6.07) is 17.5. The molecule has 0 aliphatic heterocycles. The zero-order valence-corrected chi connectivity index (χ0v) is 16.4. The predicted molar refractivity (Wildman–Crippen MR) is 107 cm³/mol. The molecule has 2 rings (SSSR count). The molecule has 0 bridgehead atoms. The van der Waals surface area contributed by atoms with Crippen LogP contribution in [0.2, 0.25) is 0 Å². The van der Waals surface area contributed by atoms with Gasteiger partial charge in [0, 0.05) is 16.9 Å². The molecule has 0 aliphatic rings. The van der Waals surface area contributed by atoms with Crippen LogP contribution in [0.5, 0.6) is 5.75 Å². The molecule has 0 fully saturated rings. The van der Waals surface area contributed by atoms with Crippen molar-refractivity contribution in [3.63, 3.8) is 0 Å². The van der Waals surface area contributed by atoms with Crippen molar-refractivity contribution in [3.8, 4) is 5.75 Å². The fourth-order valence-electron chi connectivity index (χ4n) is 2.51. The average Bonchev–Trinajstić information content (AvgIpc) is 2.58. The van der Waals surface area contributed by atoms with Crippen molar-refractivity contribution in [1.29, 1.82) is 0 Å². The maximum absolute atomic E-state index is 5.80. The Labute approximate surface area is 154 Å². The van der Waals surface area contributed by atoms with Crippen LogP contribution in [-0.2, 0) is 4.43 Å². The summed E-state index contributed by atoms with van der Waals surface area (Å²) in [4.78, 5) is 2.18. The van der Waals surface area contributed by atoms with Gasteiger partial charge in [0.25, 0.3) is 0 Å². The Morgan fingerprint density at radius 1 is 0.957 bits per heavy atom. The number of hydrogen-bond donors (Lipinski definition) is 0. The molecule has 0 spiro atoms. The van der Waals surface area contributed by atoms with Crippen molar-refractivity contribution in [2.45, 2.75) is 23.7 Å². The van der Waals surface area contributed by atoms with E-state index in [4.69, 9.17) is 4.74 Å². The summed E-state index contributed by atoms with van der Waals surface area (Å²) in [7, 11) is 4.17. The summed E-state index contributed by atoms with van der Waals surface area (Å²) >= 11 is 2.40. The van der Waals surface area contributed by atoms with Crippen molar-refractivity contribution in [1.82, 2.24) is 4.90 Å². The minimum Gasteiger partial charge on any atom is -0.494 e. The highest BCUT2D eigenvalue weighted by atomic mass is 127. The number of hydrogen-bond acceptors (Lipinski definition) is 2. The zero-order valence-electron chi connectivity index (χ0n) is 14.3. The topological polar surface area (TPSA) is 12.5 Å². The van der Waals surface area contributed by atoms with E-state index in [-0.39, 0.29) is 0 Å². The van der Waals surface area contributed by atoms with Gasteiger partial charge in [-0.3, -0.25) is 0 Å². The molecule has 2 aromatic rings. The Hall–Kier alpha value is -1.07. The van der Waals surface area contributed by atoms with Crippen LogP contribution in [0, 0.1) is 0 Å². The third-order valence-corrected chi connectivity index (χ3v) is 4.91. The van der Waals surface area contributed by atoms with E-state index in [9.17, 15) is 0 Å². The summed E-state index contributed by atoms with van der Waals surface area (Å²) < 4.78 is 6.86. The molecule has 0 amide bonds. The highest BCUT2D eigenvalue weighted by molar-refractivity contribution is 14.1. The van der Waals surface area contributed by atoms with Crippen molar-refractivity contribution >= 4 is 22.6 Å². The number of benzene rings is 2. The summed E-state index contributed by atoms with van der Waals surface area (Å²) in [5.41, 5.74) is 4.06. The quantitative estimate of drug-likeness (QED) is 0.333. The summed E-state index contributed by atoms with van der Waals surface area (Å²) in [6.45, 7) is 4.08. The first-order valence-corrected chi connectivity index (χ1v) is 9.65. The maximum Gasteiger partial charge on any atom is 0.119 e. The van der Waals surface area contributed by atoms with Gasteiger partial charge in [-0.1, -0.05) is 65.9 Å². The molecule has 2 aromatic carbocycles. The Balaban J connectivity index is 1.92. The minimum atomic E-state index is 0.404. The second-order valence-corrected chi connectivity index (χ2v) is 6.93. The molecule has 0 aromatic heterocycles. The maximum atomic E-state index is 5.80. The second-order valence-electron chi connectivity index (χ2n) is 6.17. The lowest BCUT2D eigenvalue weighted by molar-refractivity contribution is 0.281. The number of ether oxygens (including phenoxy) is 1. The van der Waals surface area contributed by atoms with Crippen LogP contribution in [0.1, 0.15) is 36.0 Å². The van der Waals surface area contributed by atoms with Crippen LogP contribution < -0.4 is 4.74 Å². The van der Waals surface area contributed by atoms with Crippen molar-refractivity contribution in [2.24, 2.45) is 0 Å². The molecule has 23 heavy (non-hydrogen) atoms. The molecular weight excluding hydrogens is 397 g/mol. The van der Waals surface area contributed by atoms with Gasteiger partial charge < -0.3 is 9.64 Å². The average molecular weight is 423 g/mol. The van der Waals surface area contributed by atoms with E-state index in [0.29, 0.717) is 5.92 Å². The number of alkyl halides is 1. The predicted octanol–water partition coefficient (Wildman–Crippen LogP) is 5.10. The molecule has 3 heteroatoms. The summed E-state index contributed by atoms with van der Waals surface area (Å²) in [5.74, 6) is 1.36. The van der Waals surface area contributed by atoms with E-state index in [2.05, 4.69) is 97.0 Å². The molecule has 1 unspecified atom stereocenters. The van der Waals surface area contributed by atoms with E-state index in [1.54, 1.807) is 0 Å². The van der Waals surface area contributed by atoms with E-state index in [0.717, 1.165) is 29.7 Å².